The van der Waals surface area contributed by atoms with Gasteiger partial charge in [-0.15, -0.1) is 0 Å². The highest BCUT2D eigenvalue weighted by Gasteiger charge is 2.30. The third kappa shape index (κ3) is 5.06. The molecule has 1 aliphatic rings. The quantitative estimate of drug-likeness (QED) is 0.716. The second kappa shape index (κ2) is 9.40. The first-order valence-electron chi connectivity index (χ1n) is 9.30. The van der Waals surface area contributed by atoms with Crippen molar-refractivity contribution in [2.45, 2.75) is 30.4 Å². The van der Waals surface area contributed by atoms with E-state index in [-0.39, 0.29) is 35.3 Å². The lowest BCUT2D eigenvalue weighted by molar-refractivity contribution is -0.0501. The number of carbonyl (C=O) groups excluding carboxylic acids is 1. The van der Waals surface area contributed by atoms with E-state index < -0.39 is 22.5 Å². The number of para-hydroxylation sites is 1. The number of methoxy groups -OCH3 is 1. The van der Waals surface area contributed by atoms with Gasteiger partial charge in [-0.3, -0.25) is 4.79 Å². The van der Waals surface area contributed by atoms with Gasteiger partial charge in [-0.2, -0.15) is 13.1 Å². The molecule has 1 saturated heterocycles. The van der Waals surface area contributed by atoms with Gasteiger partial charge in [-0.25, -0.2) is 8.42 Å². The Morgan fingerprint density at radius 3 is 2.33 bits per heavy atom. The molecule has 0 aromatic heterocycles. The summed E-state index contributed by atoms with van der Waals surface area (Å²) < 4.78 is 61.5. The van der Waals surface area contributed by atoms with Gasteiger partial charge in [0.25, 0.3) is 5.91 Å². The minimum atomic E-state index is -3.65. The second-order valence-corrected chi connectivity index (χ2v) is 8.64. The van der Waals surface area contributed by atoms with Crippen molar-refractivity contribution in [3.05, 3.63) is 54.1 Å². The average Bonchev–Trinajstić information content (AvgIpc) is 2.74. The van der Waals surface area contributed by atoms with Crippen molar-refractivity contribution < 1.29 is 31.5 Å². The number of sulfonamides is 1. The van der Waals surface area contributed by atoms with E-state index in [0.717, 1.165) is 0 Å². The number of amides is 1. The minimum Gasteiger partial charge on any atom is -0.497 e. The van der Waals surface area contributed by atoms with Crippen molar-refractivity contribution in [2.24, 2.45) is 0 Å². The molecule has 2 aromatic rings. The van der Waals surface area contributed by atoms with Crippen LogP contribution in [-0.4, -0.2) is 51.5 Å². The fourth-order valence-electron chi connectivity index (χ4n) is 3.25. The summed E-state index contributed by atoms with van der Waals surface area (Å²) in [5.74, 6) is -0.182. The molecule has 0 spiro atoms. The summed E-state index contributed by atoms with van der Waals surface area (Å²) in [6.07, 6.45) is 0.804. The molecule has 162 valence electrons. The molecule has 3 rings (SSSR count). The molecule has 0 radical (unpaired) electrons. The van der Waals surface area contributed by atoms with Gasteiger partial charge in [0.2, 0.25) is 10.0 Å². The van der Waals surface area contributed by atoms with Crippen molar-refractivity contribution in [1.82, 2.24) is 9.62 Å². The van der Waals surface area contributed by atoms with E-state index in [1.807, 2.05) is 0 Å². The number of hydrogen-bond donors (Lipinski definition) is 1. The van der Waals surface area contributed by atoms with Gasteiger partial charge in [0.05, 0.1) is 17.6 Å². The number of nitrogens with zero attached hydrogens (tertiary/aromatic N) is 1. The lowest BCUT2D eigenvalue weighted by atomic mass is 10.1. The van der Waals surface area contributed by atoms with Crippen LogP contribution in [0.5, 0.6) is 11.5 Å². The third-order valence-electron chi connectivity index (χ3n) is 4.83. The van der Waals surface area contributed by atoms with Crippen molar-refractivity contribution in [1.29, 1.82) is 0 Å². The number of ether oxygens (including phenoxy) is 2. The molecular formula is C20H22F2N2O5S. The number of halogens is 2. The number of hydrogen-bond acceptors (Lipinski definition) is 5. The van der Waals surface area contributed by atoms with Crippen molar-refractivity contribution >= 4 is 15.9 Å². The molecule has 1 fully saturated rings. The van der Waals surface area contributed by atoms with Crippen LogP contribution in [-0.2, 0) is 10.0 Å². The summed E-state index contributed by atoms with van der Waals surface area (Å²) in [5.41, 5.74) is 0.00563. The van der Waals surface area contributed by atoms with Crippen LogP contribution < -0.4 is 14.8 Å². The van der Waals surface area contributed by atoms with Crippen molar-refractivity contribution in [3.8, 4) is 11.5 Å². The minimum absolute atomic E-state index is 0.00563. The predicted molar refractivity (Wildman–Crippen MR) is 105 cm³/mol. The number of carbonyl (C=O) groups is 1. The molecular weight excluding hydrogens is 418 g/mol. The molecule has 1 amide bonds. The third-order valence-corrected chi connectivity index (χ3v) is 6.75. The normalized spacial score (nSPS) is 15.7. The first-order chi connectivity index (χ1) is 14.3. The highest BCUT2D eigenvalue weighted by molar-refractivity contribution is 7.89. The maximum absolute atomic E-state index is 12.8. The molecule has 0 saturated carbocycles. The maximum Gasteiger partial charge on any atom is 0.387 e. The monoisotopic (exact) mass is 440 g/mol. The van der Waals surface area contributed by atoms with Crippen LogP contribution in [0.15, 0.2) is 53.4 Å². The van der Waals surface area contributed by atoms with E-state index in [1.165, 1.54) is 41.7 Å². The Bertz CT molecular complexity index is 975. The number of alkyl halides is 2. The van der Waals surface area contributed by atoms with Crippen molar-refractivity contribution in [3.63, 3.8) is 0 Å². The summed E-state index contributed by atoms with van der Waals surface area (Å²) >= 11 is 0. The van der Waals surface area contributed by atoms with Gasteiger partial charge in [0.15, 0.2) is 0 Å². The molecule has 0 atom stereocenters. The van der Waals surface area contributed by atoms with Gasteiger partial charge < -0.3 is 14.8 Å². The SMILES string of the molecule is COc1ccc(S(=O)(=O)N2CCC(NC(=O)c3ccccc3OC(F)F)CC2)cc1. The van der Waals surface area contributed by atoms with E-state index in [2.05, 4.69) is 10.1 Å². The maximum atomic E-state index is 12.8. The van der Waals surface area contributed by atoms with Crippen LogP contribution in [0.3, 0.4) is 0 Å². The van der Waals surface area contributed by atoms with Crippen LogP contribution in [0.2, 0.25) is 0 Å². The zero-order chi connectivity index (χ0) is 21.7. The summed E-state index contributed by atoms with van der Waals surface area (Å²) in [6.45, 7) is -2.58. The number of nitrogens with one attached hydrogen (secondary N) is 1. The molecule has 1 heterocycles. The molecule has 30 heavy (non-hydrogen) atoms. The lowest BCUT2D eigenvalue weighted by Gasteiger charge is -2.31. The fraction of sp³-hybridized carbons (Fsp3) is 0.350. The Morgan fingerprint density at radius 2 is 1.73 bits per heavy atom. The van der Waals surface area contributed by atoms with Gasteiger partial charge in [-0.05, 0) is 49.2 Å². The molecule has 7 nitrogen and oxygen atoms in total. The Kier molecular flexibility index (Phi) is 6.88. The van der Waals surface area contributed by atoms with Crippen molar-refractivity contribution in [2.75, 3.05) is 20.2 Å². The second-order valence-electron chi connectivity index (χ2n) is 6.70. The Hall–Kier alpha value is -2.72. The molecule has 0 aliphatic carbocycles. The highest BCUT2D eigenvalue weighted by Crippen LogP contribution is 2.24. The zero-order valence-electron chi connectivity index (χ0n) is 16.3. The molecule has 1 N–H and O–H groups in total. The van der Waals surface area contributed by atoms with Crippen LogP contribution in [0.1, 0.15) is 23.2 Å². The first-order valence-corrected chi connectivity index (χ1v) is 10.7. The highest BCUT2D eigenvalue weighted by atomic mass is 32.2. The zero-order valence-corrected chi connectivity index (χ0v) is 17.1. The first kappa shape index (κ1) is 22.0. The van der Waals surface area contributed by atoms with Crippen LogP contribution in [0.4, 0.5) is 8.78 Å². The summed E-state index contributed by atoms with van der Waals surface area (Å²) in [5, 5.41) is 2.77. The van der Waals surface area contributed by atoms with Crippen LogP contribution >= 0.6 is 0 Å². The Morgan fingerprint density at radius 1 is 1.10 bits per heavy atom. The smallest absolute Gasteiger partial charge is 0.387 e. The molecule has 10 heteroatoms. The average molecular weight is 440 g/mol. The number of benzene rings is 2. The summed E-state index contributed by atoms with van der Waals surface area (Å²) in [6, 6.07) is 11.6. The van der Waals surface area contributed by atoms with E-state index in [4.69, 9.17) is 4.74 Å². The fourth-order valence-corrected chi connectivity index (χ4v) is 4.72. The Labute approximate surface area is 173 Å². The Balaban J connectivity index is 1.61. The van der Waals surface area contributed by atoms with E-state index in [9.17, 15) is 22.0 Å². The van der Waals surface area contributed by atoms with Crippen LogP contribution in [0.25, 0.3) is 0 Å². The number of piperidine rings is 1. The largest absolute Gasteiger partial charge is 0.497 e. The standard InChI is InChI=1S/C20H22F2N2O5S/c1-28-15-6-8-16(9-7-15)30(26,27)24-12-10-14(11-13-24)23-19(25)17-4-2-3-5-18(17)29-20(21)22/h2-9,14,20H,10-13H2,1H3,(H,23,25). The van der Waals surface area contributed by atoms with Crippen LogP contribution in [0, 0.1) is 0 Å². The molecule has 2 aromatic carbocycles. The van der Waals surface area contributed by atoms with Gasteiger partial charge in [-0.1, -0.05) is 12.1 Å². The molecule has 0 unspecified atom stereocenters. The number of rotatable bonds is 7. The van der Waals surface area contributed by atoms with E-state index in [0.29, 0.717) is 18.6 Å². The molecule has 0 bridgehead atoms. The summed E-state index contributed by atoms with van der Waals surface area (Å²) in [4.78, 5) is 12.7. The topological polar surface area (TPSA) is 84.9 Å². The molecule has 1 aliphatic heterocycles. The van der Waals surface area contributed by atoms with E-state index >= 15 is 0 Å². The van der Waals surface area contributed by atoms with E-state index in [1.54, 1.807) is 18.2 Å². The summed E-state index contributed by atoms with van der Waals surface area (Å²) in [7, 11) is -2.15. The van der Waals surface area contributed by atoms with Gasteiger partial charge in [0, 0.05) is 19.1 Å². The lowest BCUT2D eigenvalue weighted by Crippen LogP contribution is -2.46. The van der Waals surface area contributed by atoms with Gasteiger partial charge in [0.1, 0.15) is 11.5 Å². The predicted octanol–water partition coefficient (Wildman–Crippen LogP) is 2.88. The van der Waals surface area contributed by atoms with Gasteiger partial charge >= 0.3 is 6.61 Å².